The van der Waals surface area contributed by atoms with Gasteiger partial charge < -0.3 is 10.5 Å². The molecular weight excluding hydrogens is 485 g/mol. The van der Waals surface area contributed by atoms with Crippen LogP contribution in [0.3, 0.4) is 0 Å². The number of carbonyl (C=O) groups excluding carboxylic acids is 1. The molecule has 2 aromatic heterocycles. The topological polar surface area (TPSA) is 65.2 Å². The first-order chi connectivity index (χ1) is 17.3. The smallest absolute Gasteiger partial charge is 0.417 e. The Morgan fingerprint density at radius 1 is 0.889 bits per heavy atom. The van der Waals surface area contributed by atoms with Crippen LogP contribution in [0.4, 0.5) is 18.9 Å². The third-order valence-electron chi connectivity index (χ3n) is 5.85. The summed E-state index contributed by atoms with van der Waals surface area (Å²) in [4.78, 5) is 17.8. The molecule has 0 bridgehead atoms. The molecule has 36 heavy (non-hydrogen) atoms. The maximum absolute atomic E-state index is 14.1. The van der Waals surface area contributed by atoms with E-state index in [9.17, 15) is 18.0 Å². The van der Waals surface area contributed by atoms with Crippen molar-refractivity contribution in [3.63, 3.8) is 0 Å². The third kappa shape index (κ3) is 4.31. The second-order valence-corrected chi connectivity index (χ2v) is 9.08. The van der Waals surface area contributed by atoms with Gasteiger partial charge in [0.1, 0.15) is 15.5 Å². The van der Waals surface area contributed by atoms with E-state index in [1.54, 1.807) is 48.5 Å². The summed E-state index contributed by atoms with van der Waals surface area (Å²) in [5, 5.41) is -0.256. The molecule has 0 spiro atoms. The molecule has 0 radical (unpaired) electrons. The maximum atomic E-state index is 14.1. The summed E-state index contributed by atoms with van der Waals surface area (Å²) in [6.45, 7) is 0. The number of benzene rings is 3. The highest BCUT2D eigenvalue weighted by Crippen LogP contribution is 2.44. The minimum Gasteiger partial charge on any atom is -0.497 e. The maximum Gasteiger partial charge on any atom is 0.417 e. The van der Waals surface area contributed by atoms with E-state index < -0.39 is 17.5 Å². The van der Waals surface area contributed by atoms with Gasteiger partial charge in [0.15, 0.2) is 0 Å². The summed E-state index contributed by atoms with van der Waals surface area (Å²) in [6, 6.07) is 24.1. The Hall–Kier alpha value is -4.17. The molecule has 0 aliphatic heterocycles. The summed E-state index contributed by atoms with van der Waals surface area (Å²) in [7, 11) is 1.50. The van der Waals surface area contributed by atoms with Gasteiger partial charge in [-0.2, -0.15) is 13.2 Å². The molecule has 0 aliphatic carbocycles. The van der Waals surface area contributed by atoms with E-state index in [-0.39, 0.29) is 26.5 Å². The number of fused-ring (bicyclic) bond motifs is 1. The van der Waals surface area contributed by atoms with Crippen molar-refractivity contribution in [2.45, 2.75) is 6.18 Å². The summed E-state index contributed by atoms with van der Waals surface area (Å²) in [6.07, 6.45) is -4.69. The molecule has 0 amide bonds. The van der Waals surface area contributed by atoms with Gasteiger partial charge in [-0.25, -0.2) is 4.98 Å². The Labute approximate surface area is 208 Å². The van der Waals surface area contributed by atoms with Crippen LogP contribution in [0.25, 0.3) is 32.6 Å². The number of halogens is 3. The Kier molecular flexibility index (Phi) is 5.97. The van der Waals surface area contributed by atoms with Crippen LogP contribution in [0.1, 0.15) is 20.8 Å². The second-order valence-electron chi connectivity index (χ2n) is 8.08. The fourth-order valence-electron chi connectivity index (χ4n) is 4.00. The third-order valence-corrected chi connectivity index (χ3v) is 6.95. The zero-order chi connectivity index (χ0) is 25.4. The van der Waals surface area contributed by atoms with Gasteiger partial charge in [0.05, 0.1) is 24.1 Å². The van der Waals surface area contributed by atoms with Crippen molar-refractivity contribution in [2.75, 3.05) is 12.8 Å². The van der Waals surface area contributed by atoms with Crippen LogP contribution in [-0.4, -0.2) is 17.9 Å². The van der Waals surface area contributed by atoms with Crippen molar-refractivity contribution in [3.05, 3.63) is 101 Å². The fourth-order valence-corrected chi connectivity index (χ4v) is 5.08. The lowest BCUT2D eigenvalue weighted by atomic mass is 10.0. The van der Waals surface area contributed by atoms with E-state index in [0.717, 1.165) is 28.5 Å². The summed E-state index contributed by atoms with van der Waals surface area (Å²) in [5.74, 6) is 0.122. The minimum absolute atomic E-state index is 0.0299. The zero-order valence-corrected chi connectivity index (χ0v) is 19.8. The predicted molar refractivity (Wildman–Crippen MR) is 136 cm³/mol. The molecule has 0 saturated heterocycles. The monoisotopic (exact) mass is 504 g/mol. The quantitative estimate of drug-likeness (QED) is 0.252. The van der Waals surface area contributed by atoms with E-state index in [0.29, 0.717) is 16.9 Å². The zero-order valence-electron chi connectivity index (χ0n) is 19.0. The van der Waals surface area contributed by atoms with Gasteiger partial charge in [-0.05, 0) is 41.5 Å². The number of methoxy groups -OCH3 is 1. The normalized spacial score (nSPS) is 11.6. The van der Waals surface area contributed by atoms with Crippen molar-refractivity contribution in [1.82, 2.24) is 4.98 Å². The van der Waals surface area contributed by atoms with E-state index >= 15 is 0 Å². The van der Waals surface area contributed by atoms with Crippen LogP contribution in [0, 0.1) is 0 Å². The number of alkyl halides is 3. The van der Waals surface area contributed by atoms with Gasteiger partial charge in [-0.15, -0.1) is 11.3 Å². The van der Waals surface area contributed by atoms with E-state index in [2.05, 4.69) is 4.98 Å². The number of ketones is 1. The first kappa shape index (κ1) is 23.6. The molecule has 2 heterocycles. The fraction of sp³-hybridized carbons (Fsp3) is 0.0714. The molecular formula is C28H19F3N2O2S. The lowest BCUT2D eigenvalue weighted by Crippen LogP contribution is -2.08. The van der Waals surface area contributed by atoms with Crippen LogP contribution in [-0.2, 0) is 6.18 Å². The number of hydrogen-bond donors (Lipinski definition) is 1. The van der Waals surface area contributed by atoms with Gasteiger partial charge >= 0.3 is 6.18 Å². The summed E-state index contributed by atoms with van der Waals surface area (Å²) < 4.78 is 47.3. The van der Waals surface area contributed by atoms with Crippen molar-refractivity contribution >= 4 is 33.0 Å². The molecule has 0 fully saturated rings. The minimum atomic E-state index is -4.69. The van der Waals surface area contributed by atoms with Crippen LogP contribution in [0.2, 0.25) is 0 Å². The van der Waals surface area contributed by atoms with E-state index in [1.807, 2.05) is 30.3 Å². The number of nitrogens with zero attached hydrogens (tertiary/aromatic N) is 1. The van der Waals surface area contributed by atoms with Crippen LogP contribution < -0.4 is 10.5 Å². The number of nitrogens with two attached hydrogens (primary N) is 1. The molecule has 4 nitrogen and oxygen atoms in total. The molecule has 180 valence electrons. The summed E-state index contributed by atoms with van der Waals surface area (Å²) >= 11 is 0.864. The van der Waals surface area contributed by atoms with Crippen molar-refractivity contribution in [1.29, 1.82) is 0 Å². The predicted octanol–water partition coefficient (Wildman–Crippen LogP) is 7.47. The molecule has 0 saturated carbocycles. The molecule has 5 rings (SSSR count). The average molecular weight is 505 g/mol. The molecule has 2 N–H and O–H groups in total. The number of aromatic nitrogens is 1. The van der Waals surface area contributed by atoms with Crippen LogP contribution in [0.15, 0.2) is 84.9 Å². The SMILES string of the molecule is COc1ccc(-c2cc(C(F)(F)F)c3c(N)c(C(=O)c4ccc(-c5ccccc5)cc4)sc3n2)cc1. The number of thiophene rings is 1. The van der Waals surface area contributed by atoms with Crippen molar-refractivity contribution in [3.8, 4) is 28.1 Å². The molecule has 5 aromatic rings. The van der Waals surface area contributed by atoms with Crippen LogP contribution >= 0.6 is 11.3 Å². The molecule has 8 heteroatoms. The highest BCUT2D eigenvalue weighted by molar-refractivity contribution is 7.21. The number of anilines is 1. The molecule has 0 atom stereocenters. The highest BCUT2D eigenvalue weighted by Gasteiger charge is 2.36. The molecule has 3 aromatic carbocycles. The number of carbonyl (C=O) groups is 1. The largest absolute Gasteiger partial charge is 0.497 e. The molecule has 0 unspecified atom stereocenters. The van der Waals surface area contributed by atoms with Gasteiger partial charge in [0.2, 0.25) is 5.78 Å². The standard InChI is InChI=1S/C28H19F3N2O2S/c1-35-20-13-11-18(12-14-20)22-15-21(28(29,30)31)23-24(32)26(36-27(23)33-22)25(34)19-9-7-17(8-10-19)16-5-3-2-4-6-16/h2-15H,32H2,1H3. The van der Waals surface area contributed by atoms with Gasteiger partial charge in [0.25, 0.3) is 0 Å². The number of hydrogen-bond acceptors (Lipinski definition) is 5. The van der Waals surface area contributed by atoms with Crippen LogP contribution in [0.5, 0.6) is 5.75 Å². The number of nitrogen functional groups attached to an aromatic ring is 1. The first-order valence-corrected chi connectivity index (χ1v) is 11.7. The Morgan fingerprint density at radius 2 is 1.50 bits per heavy atom. The van der Waals surface area contributed by atoms with E-state index in [1.165, 1.54) is 7.11 Å². The highest BCUT2D eigenvalue weighted by atomic mass is 32.1. The Bertz CT molecular complexity index is 1560. The van der Waals surface area contributed by atoms with E-state index in [4.69, 9.17) is 10.5 Å². The van der Waals surface area contributed by atoms with Gasteiger partial charge in [-0.3, -0.25) is 4.79 Å². The Balaban J connectivity index is 1.59. The lowest BCUT2D eigenvalue weighted by molar-refractivity contribution is -0.136. The molecule has 0 aliphatic rings. The number of pyridine rings is 1. The second kappa shape index (κ2) is 9.13. The Morgan fingerprint density at radius 3 is 2.11 bits per heavy atom. The lowest BCUT2D eigenvalue weighted by Gasteiger charge is -2.11. The average Bonchev–Trinajstić information content (AvgIpc) is 3.24. The van der Waals surface area contributed by atoms with Gasteiger partial charge in [-0.1, -0.05) is 54.6 Å². The number of rotatable bonds is 5. The van der Waals surface area contributed by atoms with Crippen molar-refractivity contribution < 1.29 is 22.7 Å². The summed E-state index contributed by atoms with van der Waals surface area (Å²) in [5.41, 5.74) is 7.87. The first-order valence-electron chi connectivity index (χ1n) is 10.9. The van der Waals surface area contributed by atoms with Gasteiger partial charge in [0, 0.05) is 16.5 Å². The number of ether oxygens (including phenoxy) is 1. The van der Waals surface area contributed by atoms with Crippen molar-refractivity contribution in [2.24, 2.45) is 0 Å².